The molecule has 0 radical (unpaired) electrons. The first-order valence-corrected chi connectivity index (χ1v) is 7.34. The van der Waals surface area contributed by atoms with Gasteiger partial charge in [-0.1, -0.05) is 39.0 Å². The summed E-state index contributed by atoms with van der Waals surface area (Å²) < 4.78 is 0. The molecule has 0 amide bonds. The molecule has 0 aliphatic heterocycles. The molecule has 0 spiro atoms. The highest BCUT2D eigenvalue weighted by Gasteiger charge is 2.26. The normalized spacial score (nSPS) is 11.7. The highest BCUT2D eigenvalue weighted by molar-refractivity contribution is 7.71. The summed E-state index contributed by atoms with van der Waals surface area (Å²) in [5.41, 5.74) is 0.981. The number of rotatable bonds is 1. The van der Waals surface area contributed by atoms with Crippen molar-refractivity contribution in [3.05, 3.63) is 35.2 Å². The highest BCUT2D eigenvalue weighted by Crippen LogP contribution is 2.45. The van der Waals surface area contributed by atoms with E-state index in [2.05, 4.69) is 20.8 Å². The van der Waals surface area contributed by atoms with Crippen molar-refractivity contribution in [2.75, 3.05) is 0 Å². The van der Waals surface area contributed by atoms with Gasteiger partial charge in [-0.05, 0) is 17.9 Å². The molecule has 0 bridgehead atoms. The molecule has 16 heavy (non-hydrogen) atoms. The lowest BCUT2D eigenvalue weighted by molar-refractivity contribution is -0.268. The molecule has 1 aromatic carbocycles. The van der Waals surface area contributed by atoms with Gasteiger partial charge in [-0.15, -0.1) is 0 Å². The van der Waals surface area contributed by atoms with Gasteiger partial charge in [0.05, 0.1) is 4.88 Å². The Morgan fingerprint density at radius 2 is 1.75 bits per heavy atom. The van der Waals surface area contributed by atoms with Crippen molar-refractivity contribution < 1.29 is 5.11 Å². The third-order valence-electron chi connectivity index (χ3n) is 2.34. The summed E-state index contributed by atoms with van der Waals surface area (Å²) in [7, 11) is 3.19. The third kappa shape index (κ3) is 2.11. The largest absolute Gasteiger partial charge is 0.868 e. The minimum atomic E-state index is -0.0503. The van der Waals surface area contributed by atoms with Crippen molar-refractivity contribution in [2.45, 2.75) is 26.2 Å². The van der Waals surface area contributed by atoms with E-state index in [1.807, 2.05) is 30.3 Å². The molecule has 1 aromatic heterocycles. The van der Waals surface area contributed by atoms with Crippen molar-refractivity contribution in [2.24, 2.45) is 0 Å². The van der Waals surface area contributed by atoms with Gasteiger partial charge in [0, 0.05) is 11.0 Å². The van der Waals surface area contributed by atoms with Gasteiger partial charge in [0.25, 0.3) is 10.3 Å². The van der Waals surface area contributed by atoms with Crippen LogP contribution in [-0.2, 0) is 5.41 Å². The zero-order chi connectivity index (χ0) is 11.8. The van der Waals surface area contributed by atoms with E-state index in [0.29, 0.717) is 0 Å². The molecule has 0 fully saturated rings. The van der Waals surface area contributed by atoms with Gasteiger partial charge in [-0.25, -0.2) is 0 Å². The SMILES string of the molecule is CC(C)(C)c1s[s+]c(-c2ccccc2)c1[O-]. The van der Waals surface area contributed by atoms with E-state index in [1.165, 1.54) is 0 Å². The molecular weight excluding hydrogens is 236 g/mol. The Morgan fingerprint density at radius 1 is 1.12 bits per heavy atom. The van der Waals surface area contributed by atoms with Crippen LogP contribution in [0.4, 0.5) is 0 Å². The van der Waals surface area contributed by atoms with E-state index >= 15 is 0 Å². The molecule has 1 nitrogen and oxygen atoms in total. The zero-order valence-corrected chi connectivity index (χ0v) is 11.2. The second-order valence-electron chi connectivity index (χ2n) is 4.77. The average molecular weight is 250 g/mol. The fourth-order valence-corrected chi connectivity index (χ4v) is 4.56. The second kappa shape index (κ2) is 4.15. The van der Waals surface area contributed by atoms with E-state index in [4.69, 9.17) is 0 Å². The first-order chi connectivity index (χ1) is 7.50. The van der Waals surface area contributed by atoms with Crippen molar-refractivity contribution in [3.63, 3.8) is 0 Å². The average Bonchev–Trinajstić information content (AvgIpc) is 2.61. The zero-order valence-electron chi connectivity index (χ0n) is 9.61. The molecule has 0 atom stereocenters. The maximum atomic E-state index is 12.2. The summed E-state index contributed by atoms with van der Waals surface area (Å²) >= 11 is 0. The number of hydrogen-bond acceptors (Lipinski definition) is 2. The molecule has 0 saturated carbocycles. The van der Waals surface area contributed by atoms with E-state index in [0.717, 1.165) is 15.3 Å². The smallest absolute Gasteiger partial charge is 0.300 e. The summed E-state index contributed by atoms with van der Waals surface area (Å²) in [5, 5.41) is 12.2. The Labute approximate surface area is 103 Å². The predicted molar refractivity (Wildman–Crippen MR) is 70.2 cm³/mol. The first kappa shape index (κ1) is 11.6. The Kier molecular flexibility index (Phi) is 3.00. The van der Waals surface area contributed by atoms with Crippen molar-refractivity contribution in [3.8, 4) is 16.2 Å². The molecule has 0 aliphatic rings. The van der Waals surface area contributed by atoms with Gasteiger partial charge in [0.15, 0.2) is 10.3 Å². The summed E-state index contributed by atoms with van der Waals surface area (Å²) in [5.74, 6) is 0.203. The van der Waals surface area contributed by atoms with Crippen molar-refractivity contribution >= 4 is 20.7 Å². The Bertz CT molecular complexity index is 480. The van der Waals surface area contributed by atoms with Gasteiger partial charge in [0.2, 0.25) is 4.88 Å². The monoisotopic (exact) mass is 250 g/mol. The van der Waals surface area contributed by atoms with Crippen molar-refractivity contribution in [1.82, 2.24) is 0 Å². The van der Waals surface area contributed by atoms with Gasteiger partial charge >= 0.3 is 0 Å². The molecule has 3 heteroatoms. The lowest BCUT2D eigenvalue weighted by Crippen LogP contribution is -2.11. The van der Waals surface area contributed by atoms with Crippen LogP contribution in [0.2, 0.25) is 0 Å². The standard InChI is InChI=1S/C13H14OS2/c1-13(2,3)12-10(14)11(15-16-12)9-7-5-4-6-8-9/h4-8H,1-3H3. The topological polar surface area (TPSA) is 23.1 Å². The molecule has 0 unspecified atom stereocenters. The third-order valence-corrected chi connectivity index (χ3v) is 5.22. The van der Waals surface area contributed by atoms with Crippen molar-refractivity contribution in [1.29, 1.82) is 0 Å². The maximum absolute atomic E-state index is 12.2. The fraction of sp³-hybridized carbons (Fsp3) is 0.308. The summed E-state index contributed by atoms with van der Waals surface area (Å²) in [6.45, 7) is 6.26. The second-order valence-corrected chi connectivity index (χ2v) is 6.92. The Balaban J connectivity index is 2.50. The predicted octanol–water partition coefficient (Wildman–Crippen LogP) is 4.13. The summed E-state index contributed by atoms with van der Waals surface area (Å²) in [6.07, 6.45) is 0. The number of benzene rings is 1. The van der Waals surface area contributed by atoms with Crippen LogP contribution in [-0.4, -0.2) is 0 Å². The van der Waals surface area contributed by atoms with Gasteiger partial charge < -0.3 is 5.11 Å². The van der Waals surface area contributed by atoms with Crippen LogP contribution in [0.15, 0.2) is 30.3 Å². The van der Waals surface area contributed by atoms with Crippen LogP contribution in [0.1, 0.15) is 25.6 Å². The minimum Gasteiger partial charge on any atom is -0.868 e. The number of hydrogen-bond donors (Lipinski definition) is 0. The molecule has 2 rings (SSSR count). The van der Waals surface area contributed by atoms with E-state index in [1.54, 1.807) is 20.7 Å². The van der Waals surface area contributed by atoms with Gasteiger partial charge in [0.1, 0.15) is 0 Å². The van der Waals surface area contributed by atoms with Crippen LogP contribution in [0.3, 0.4) is 0 Å². The summed E-state index contributed by atoms with van der Waals surface area (Å²) in [6, 6.07) is 9.89. The molecule has 0 aliphatic carbocycles. The minimum absolute atomic E-state index is 0.0503. The quantitative estimate of drug-likeness (QED) is 0.551. The fourth-order valence-electron chi connectivity index (χ4n) is 1.50. The van der Waals surface area contributed by atoms with Crippen LogP contribution < -0.4 is 5.11 Å². The van der Waals surface area contributed by atoms with Gasteiger partial charge in [-0.2, -0.15) is 0 Å². The lowest BCUT2D eigenvalue weighted by atomic mass is 9.93. The van der Waals surface area contributed by atoms with E-state index < -0.39 is 0 Å². The molecular formula is C13H14OS2. The summed E-state index contributed by atoms with van der Waals surface area (Å²) in [4.78, 5) is 1.83. The lowest BCUT2D eigenvalue weighted by Gasteiger charge is -2.18. The highest BCUT2D eigenvalue weighted by atomic mass is 32.9. The Morgan fingerprint density at radius 3 is 2.25 bits per heavy atom. The molecule has 84 valence electrons. The molecule has 0 N–H and O–H groups in total. The Hall–Kier alpha value is -0.930. The first-order valence-electron chi connectivity index (χ1n) is 5.19. The molecule has 0 saturated heterocycles. The van der Waals surface area contributed by atoms with Gasteiger partial charge in [-0.3, -0.25) is 0 Å². The van der Waals surface area contributed by atoms with E-state index in [9.17, 15) is 5.11 Å². The molecule has 1 heterocycles. The van der Waals surface area contributed by atoms with Crippen LogP contribution in [0, 0.1) is 0 Å². The van der Waals surface area contributed by atoms with Crippen LogP contribution >= 0.6 is 20.7 Å². The molecule has 2 aromatic rings. The van der Waals surface area contributed by atoms with E-state index in [-0.39, 0.29) is 11.2 Å². The van der Waals surface area contributed by atoms with Crippen LogP contribution in [0.5, 0.6) is 5.75 Å². The maximum Gasteiger partial charge on any atom is 0.300 e. The van der Waals surface area contributed by atoms with Crippen LogP contribution in [0.25, 0.3) is 10.4 Å².